The highest BCUT2D eigenvalue weighted by Gasteiger charge is 2.04. The van der Waals surface area contributed by atoms with Gasteiger partial charge in [-0.05, 0) is 28.5 Å². The van der Waals surface area contributed by atoms with Gasteiger partial charge in [-0.15, -0.1) is 0 Å². The van der Waals surface area contributed by atoms with Crippen LogP contribution in [-0.4, -0.2) is 16.3 Å². The van der Waals surface area contributed by atoms with Crippen LogP contribution in [0.4, 0.5) is 4.39 Å². The maximum atomic E-state index is 13.6. The first kappa shape index (κ1) is 13.8. The zero-order valence-electron chi connectivity index (χ0n) is 9.81. The van der Waals surface area contributed by atoms with Crippen molar-refractivity contribution in [1.82, 2.24) is 0 Å². The van der Waals surface area contributed by atoms with Gasteiger partial charge in [0.25, 0.3) is 0 Å². The lowest BCUT2D eigenvalue weighted by Crippen LogP contribution is -1.93. The molecular weight excluding hydrogens is 239 g/mol. The zero-order valence-corrected chi connectivity index (χ0v) is 10.6. The monoisotopic (exact) mass is 254 g/mol. The van der Waals surface area contributed by atoms with E-state index in [1.807, 2.05) is 0 Å². The van der Waals surface area contributed by atoms with Crippen molar-refractivity contribution in [3.05, 3.63) is 41.2 Å². The SMILES string of the molecule is CC(C)SCc1ccc(C=CC(=O)O)cc1F. The minimum absolute atomic E-state index is 0.286. The van der Waals surface area contributed by atoms with Crippen molar-refractivity contribution in [3.63, 3.8) is 0 Å². The Kier molecular flexibility index (Phi) is 5.22. The highest BCUT2D eigenvalue weighted by Crippen LogP contribution is 2.20. The molecule has 0 radical (unpaired) electrons. The Balaban J connectivity index is 2.75. The minimum Gasteiger partial charge on any atom is -0.478 e. The molecule has 0 saturated carbocycles. The Bertz CT molecular complexity index is 427. The summed E-state index contributed by atoms with van der Waals surface area (Å²) < 4.78 is 13.6. The average molecular weight is 254 g/mol. The van der Waals surface area contributed by atoms with E-state index in [1.165, 1.54) is 12.1 Å². The van der Waals surface area contributed by atoms with Gasteiger partial charge in [0.05, 0.1) is 0 Å². The van der Waals surface area contributed by atoms with Crippen LogP contribution in [0.1, 0.15) is 25.0 Å². The van der Waals surface area contributed by atoms with Gasteiger partial charge in [-0.3, -0.25) is 0 Å². The second kappa shape index (κ2) is 6.45. The summed E-state index contributed by atoms with van der Waals surface area (Å²) in [6.45, 7) is 4.12. The van der Waals surface area contributed by atoms with Crippen LogP contribution in [0.15, 0.2) is 24.3 Å². The Labute approximate surface area is 105 Å². The number of hydrogen-bond acceptors (Lipinski definition) is 2. The maximum Gasteiger partial charge on any atom is 0.328 e. The molecule has 17 heavy (non-hydrogen) atoms. The van der Waals surface area contributed by atoms with E-state index in [1.54, 1.807) is 23.9 Å². The number of carboxylic acid groups (broad SMARTS) is 1. The first-order valence-electron chi connectivity index (χ1n) is 5.30. The molecule has 0 bridgehead atoms. The number of carbonyl (C=O) groups is 1. The molecule has 0 amide bonds. The van der Waals surface area contributed by atoms with Crippen LogP contribution in [0.3, 0.4) is 0 Å². The second-order valence-corrected chi connectivity index (χ2v) is 5.45. The molecule has 0 aliphatic rings. The third kappa shape index (κ3) is 5.04. The quantitative estimate of drug-likeness (QED) is 0.816. The third-order valence-electron chi connectivity index (χ3n) is 2.07. The number of benzene rings is 1. The molecule has 0 spiro atoms. The number of thioether (sulfide) groups is 1. The topological polar surface area (TPSA) is 37.3 Å². The maximum absolute atomic E-state index is 13.6. The van der Waals surface area contributed by atoms with Crippen molar-refractivity contribution in [2.45, 2.75) is 24.9 Å². The molecule has 1 rings (SSSR count). The highest BCUT2D eigenvalue weighted by atomic mass is 32.2. The summed E-state index contributed by atoms with van der Waals surface area (Å²) in [5, 5.41) is 8.92. The predicted molar refractivity (Wildman–Crippen MR) is 69.5 cm³/mol. The van der Waals surface area contributed by atoms with Crippen molar-refractivity contribution >= 4 is 23.8 Å². The Morgan fingerprint density at radius 2 is 2.24 bits per heavy atom. The van der Waals surface area contributed by atoms with E-state index in [2.05, 4.69) is 13.8 Å². The van der Waals surface area contributed by atoms with E-state index < -0.39 is 5.97 Å². The molecule has 0 heterocycles. The lowest BCUT2D eigenvalue weighted by atomic mass is 10.1. The first-order chi connectivity index (χ1) is 7.99. The number of carboxylic acids is 1. The predicted octanol–water partition coefficient (Wildman–Crippen LogP) is 3.57. The van der Waals surface area contributed by atoms with E-state index in [-0.39, 0.29) is 5.82 Å². The van der Waals surface area contributed by atoms with Crippen LogP contribution in [0.2, 0.25) is 0 Å². The van der Waals surface area contributed by atoms with Crippen molar-refractivity contribution in [1.29, 1.82) is 0 Å². The van der Waals surface area contributed by atoms with E-state index in [0.29, 0.717) is 22.1 Å². The summed E-state index contributed by atoms with van der Waals surface area (Å²) in [7, 11) is 0. The van der Waals surface area contributed by atoms with Crippen LogP contribution >= 0.6 is 11.8 Å². The smallest absolute Gasteiger partial charge is 0.328 e. The first-order valence-corrected chi connectivity index (χ1v) is 6.35. The Morgan fingerprint density at radius 1 is 1.53 bits per heavy atom. The molecule has 0 atom stereocenters. The lowest BCUT2D eigenvalue weighted by molar-refractivity contribution is -0.131. The molecule has 1 aromatic carbocycles. The molecule has 0 fully saturated rings. The zero-order chi connectivity index (χ0) is 12.8. The van der Waals surface area contributed by atoms with E-state index in [0.717, 1.165) is 6.08 Å². The molecule has 0 aliphatic heterocycles. The Hall–Kier alpha value is -1.29. The number of aliphatic carboxylic acids is 1. The standard InChI is InChI=1S/C13H15FO2S/c1-9(2)17-8-11-5-3-10(7-12(11)14)4-6-13(15)16/h3-7,9H,8H2,1-2H3,(H,15,16). The molecule has 0 aromatic heterocycles. The van der Waals surface area contributed by atoms with Gasteiger partial charge in [-0.2, -0.15) is 11.8 Å². The number of hydrogen-bond donors (Lipinski definition) is 1. The van der Waals surface area contributed by atoms with Crippen molar-refractivity contribution < 1.29 is 14.3 Å². The van der Waals surface area contributed by atoms with Gasteiger partial charge in [0.1, 0.15) is 5.82 Å². The van der Waals surface area contributed by atoms with Crippen LogP contribution < -0.4 is 0 Å². The molecule has 92 valence electrons. The van der Waals surface area contributed by atoms with Crippen LogP contribution in [0.25, 0.3) is 6.08 Å². The van der Waals surface area contributed by atoms with Gasteiger partial charge < -0.3 is 5.11 Å². The number of halogens is 1. The van der Waals surface area contributed by atoms with Crippen LogP contribution in [0.5, 0.6) is 0 Å². The molecule has 4 heteroatoms. The largest absolute Gasteiger partial charge is 0.478 e. The van der Waals surface area contributed by atoms with Gasteiger partial charge in [0, 0.05) is 11.8 Å². The summed E-state index contributed by atoms with van der Waals surface area (Å²) in [6, 6.07) is 4.78. The van der Waals surface area contributed by atoms with E-state index in [9.17, 15) is 9.18 Å². The summed E-state index contributed by atoms with van der Waals surface area (Å²) in [6.07, 6.45) is 2.38. The highest BCUT2D eigenvalue weighted by molar-refractivity contribution is 7.99. The molecule has 1 aromatic rings. The van der Waals surface area contributed by atoms with Gasteiger partial charge >= 0.3 is 5.97 Å². The van der Waals surface area contributed by atoms with Gasteiger partial charge in [0.2, 0.25) is 0 Å². The second-order valence-electron chi connectivity index (χ2n) is 3.88. The molecule has 0 saturated heterocycles. The fraction of sp³-hybridized carbons (Fsp3) is 0.308. The van der Waals surface area contributed by atoms with Gasteiger partial charge in [-0.1, -0.05) is 26.0 Å². The molecular formula is C13H15FO2S. The summed E-state index contributed by atoms with van der Waals surface area (Å²) in [5.41, 5.74) is 1.21. The van der Waals surface area contributed by atoms with E-state index >= 15 is 0 Å². The Morgan fingerprint density at radius 3 is 2.76 bits per heavy atom. The summed E-state index contributed by atoms with van der Waals surface area (Å²) >= 11 is 1.67. The summed E-state index contributed by atoms with van der Waals surface area (Å²) in [5.74, 6) is -0.692. The summed E-state index contributed by atoms with van der Waals surface area (Å²) in [4.78, 5) is 10.3. The molecule has 0 aliphatic carbocycles. The fourth-order valence-electron chi connectivity index (χ4n) is 1.21. The average Bonchev–Trinajstić information content (AvgIpc) is 2.24. The lowest BCUT2D eigenvalue weighted by Gasteiger charge is -2.06. The van der Waals surface area contributed by atoms with E-state index in [4.69, 9.17) is 5.11 Å². The molecule has 2 nitrogen and oxygen atoms in total. The van der Waals surface area contributed by atoms with Gasteiger partial charge in [0.15, 0.2) is 0 Å². The van der Waals surface area contributed by atoms with Crippen molar-refractivity contribution in [2.75, 3.05) is 0 Å². The number of rotatable bonds is 5. The van der Waals surface area contributed by atoms with Crippen molar-refractivity contribution in [2.24, 2.45) is 0 Å². The van der Waals surface area contributed by atoms with Crippen LogP contribution in [-0.2, 0) is 10.5 Å². The minimum atomic E-state index is -1.04. The van der Waals surface area contributed by atoms with Crippen molar-refractivity contribution in [3.8, 4) is 0 Å². The molecule has 1 N–H and O–H groups in total. The molecule has 0 unspecified atom stereocenters. The van der Waals surface area contributed by atoms with Crippen LogP contribution in [0, 0.1) is 5.82 Å². The fourth-order valence-corrected chi connectivity index (χ4v) is 1.96. The third-order valence-corrected chi connectivity index (χ3v) is 3.21. The normalized spacial score (nSPS) is 11.3. The van der Waals surface area contributed by atoms with Gasteiger partial charge in [-0.25, -0.2) is 9.18 Å².